The van der Waals surface area contributed by atoms with Crippen LogP contribution in [-0.2, 0) is 18.4 Å². The monoisotopic (exact) mass is 398 g/mol. The highest BCUT2D eigenvalue weighted by Gasteiger charge is 2.18. The maximum Gasteiger partial charge on any atom is 0.290 e. The van der Waals surface area contributed by atoms with Crippen molar-refractivity contribution in [3.63, 3.8) is 0 Å². The van der Waals surface area contributed by atoms with E-state index < -0.39 is 11.6 Å². The van der Waals surface area contributed by atoms with Gasteiger partial charge in [-0.15, -0.1) is 0 Å². The molecule has 0 aliphatic carbocycles. The van der Waals surface area contributed by atoms with Crippen LogP contribution in [0.1, 0.15) is 5.69 Å². The third-order valence-electron chi connectivity index (χ3n) is 3.96. The molecule has 8 nitrogen and oxygen atoms in total. The zero-order chi connectivity index (χ0) is 20.8. The minimum absolute atomic E-state index is 0.250. The maximum atomic E-state index is 13.7. The molecule has 3 aromatic heterocycles. The van der Waals surface area contributed by atoms with Gasteiger partial charge in [0.25, 0.3) is 6.47 Å². The first-order valence-electron chi connectivity index (χ1n) is 8.35. The van der Waals surface area contributed by atoms with Crippen molar-refractivity contribution < 1.29 is 18.7 Å². The summed E-state index contributed by atoms with van der Waals surface area (Å²) in [4.78, 5) is 21.1. The average Bonchev–Trinajstić information content (AvgIpc) is 3.31. The summed E-state index contributed by atoms with van der Waals surface area (Å²) in [5.74, 6) is -1.81. The van der Waals surface area contributed by atoms with E-state index in [9.17, 15) is 8.78 Å². The molecule has 4 aromatic rings. The number of imidazole rings is 1. The van der Waals surface area contributed by atoms with Crippen LogP contribution in [0.25, 0.3) is 22.5 Å². The van der Waals surface area contributed by atoms with Crippen molar-refractivity contribution in [2.75, 3.05) is 0 Å². The molecular formula is C19H16F2N6O2. The Labute approximate surface area is 164 Å². The van der Waals surface area contributed by atoms with Gasteiger partial charge in [0.05, 0.1) is 42.3 Å². The van der Waals surface area contributed by atoms with Crippen LogP contribution < -0.4 is 0 Å². The van der Waals surface area contributed by atoms with Gasteiger partial charge in [0.2, 0.25) is 0 Å². The number of rotatable bonds is 4. The molecule has 0 spiro atoms. The van der Waals surface area contributed by atoms with Crippen molar-refractivity contribution in [2.24, 2.45) is 7.05 Å². The molecule has 0 aliphatic rings. The fourth-order valence-corrected chi connectivity index (χ4v) is 2.79. The summed E-state index contributed by atoms with van der Waals surface area (Å²) < 4.78 is 30.6. The van der Waals surface area contributed by atoms with Gasteiger partial charge < -0.3 is 9.67 Å². The van der Waals surface area contributed by atoms with Gasteiger partial charge in [-0.25, -0.2) is 13.8 Å². The summed E-state index contributed by atoms with van der Waals surface area (Å²) in [5, 5.41) is 11.1. The van der Waals surface area contributed by atoms with Crippen molar-refractivity contribution in [2.45, 2.75) is 6.54 Å². The lowest BCUT2D eigenvalue weighted by Crippen LogP contribution is -2.03. The minimum atomic E-state index is -0.914. The highest BCUT2D eigenvalue weighted by atomic mass is 19.2. The van der Waals surface area contributed by atoms with Gasteiger partial charge in [0, 0.05) is 36.8 Å². The molecule has 0 radical (unpaired) electrons. The van der Waals surface area contributed by atoms with Crippen LogP contribution in [0.2, 0.25) is 0 Å². The summed E-state index contributed by atoms with van der Waals surface area (Å²) in [6, 6.07) is 3.75. The molecule has 0 aliphatic heterocycles. The Balaban J connectivity index is 0.000000755. The molecule has 3 heterocycles. The first-order valence-corrected chi connectivity index (χ1v) is 8.35. The first-order chi connectivity index (χ1) is 14.0. The zero-order valence-electron chi connectivity index (χ0n) is 15.3. The van der Waals surface area contributed by atoms with Crippen LogP contribution in [0.4, 0.5) is 8.78 Å². The second-order valence-electron chi connectivity index (χ2n) is 5.90. The highest BCUT2D eigenvalue weighted by molar-refractivity contribution is 5.78. The van der Waals surface area contributed by atoms with Gasteiger partial charge >= 0.3 is 0 Å². The zero-order valence-corrected chi connectivity index (χ0v) is 15.3. The van der Waals surface area contributed by atoms with Gasteiger partial charge in [-0.05, 0) is 18.2 Å². The largest absolute Gasteiger partial charge is 0.483 e. The van der Waals surface area contributed by atoms with Crippen molar-refractivity contribution in [3.05, 3.63) is 72.8 Å². The summed E-state index contributed by atoms with van der Waals surface area (Å²) in [6.45, 7) is 0.189. The van der Waals surface area contributed by atoms with Gasteiger partial charge in [0.15, 0.2) is 11.6 Å². The number of aryl methyl sites for hydroxylation is 1. The predicted molar refractivity (Wildman–Crippen MR) is 99.6 cm³/mol. The number of hydrogen-bond donors (Lipinski definition) is 1. The van der Waals surface area contributed by atoms with Crippen molar-refractivity contribution >= 4 is 6.47 Å². The Morgan fingerprint density at radius 1 is 1.10 bits per heavy atom. The van der Waals surface area contributed by atoms with E-state index >= 15 is 0 Å². The molecular weight excluding hydrogens is 382 g/mol. The molecule has 4 rings (SSSR count). The number of nitrogens with zero attached hydrogens (tertiary/aromatic N) is 6. The Hall–Kier alpha value is -3.95. The standard InChI is InChI=1S/C18H14F2N6.CH2O2/c1-25-9-13(7-24-25)18-17(12-2-3-15(19)16(20)6-12)23-11-26(18)10-14-8-21-4-5-22-14;2-1-3/h2-9,11H,10H2,1H3;1H,(H,2,3). The second-order valence-corrected chi connectivity index (χ2v) is 5.90. The number of hydrogen-bond acceptors (Lipinski definition) is 5. The number of carboxylic acid groups (broad SMARTS) is 1. The summed E-state index contributed by atoms with van der Waals surface area (Å²) in [6.07, 6.45) is 10.1. The summed E-state index contributed by atoms with van der Waals surface area (Å²) in [5.41, 5.74) is 3.34. The normalized spacial score (nSPS) is 10.3. The fraction of sp³-hybridized carbons (Fsp3) is 0.105. The second kappa shape index (κ2) is 8.83. The number of carbonyl (C=O) groups is 1. The SMILES string of the molecule is Cn1cc(-c2c(-c3ccc(F)c(F)c3)ncn2Cc2cnccn2)cn1.O=CO. The summed E-state index contributed by atoms with van der Waals surface area (Å²) >= 11 is 0. The Morgan fingerprint density at radius 2 is 1.90 bits per heavy atom. The quantitative estimate of drug-likeness (QED) is 0.531. The Kier molecular flexibility index (Phi) is 6.03. The van der Waals surface area contributed by atoms with Crippen LogP contribution in [-0.4, -0.2) is 40.9 Å². The van der Waals surface area contributed by atoms with Crippen LogP contribution in [0.3, 0.4) is 0 Å². The third kappa shape index (κ3) is 4.49. The third-order valence-corrected chi connectivity index (χ3v) is 3.96. The summed E-state index contributed by atoms with van der Waals surface area (Å²) in [7, 11) is 1.81. The van der Waals surface area contributed by atoms with E-state index in [0.717, 1.165) is 29.1 Å². The maximum absolute atomic E-state index is 13.7. The van der Waals surface area contributed by atoms with E-state index in [0.29, 0.717) is 17.8 Å². The van der Waals surface area contributed by atoms with Gasteiger partial charge in [-0.1, -0.05) is 0 Å². The van der Waals surface area contributed by atoms with Crippen molar-refractivity contribution in [3.8, 4) is 22.5 Å². The smallest absolute Gasteiger partial charge is 0.290 e. The number of benzene rings is 1. The van der Waals surface area contributed by atoms with E-state index in [2.05, 4.69) is 20.1 Å². The lowest BCUT2D eigenvalue weighted by atomic mass is 10.1. The molecule has 0 fully saturated rings. The van der Waals surface area contributed by atoms with Gasteiger partial charge in [0.1, 0.15) is 0 Å². The molecule has 0 unspecified atom stereocenters. The van der Waals surface area contributed by atoms with Crippen LogP contribution in [0.15, 0.2) is 55.5 Å². The van der Waals surface area contributed by atoms with E-state index in [-0.39, 0.29) is 6.47 Å². The number of halogens is 2. The first kappa shape index (κ1) is 19.8. The van der Waals surface area contributed by atoms with Crippen molar-refractivity contribution in [1.82, 2.24) is 29.3 Å². The topological polar surface area (TPSA) is 98.7 Å². The van der Waals surface area contributed by atoms with E-state index in [1.807, 2.05) is 17.8 Å². The van der Waals surface area contributed by atoms with E-state index in [4.69, 9.17) is 9.90 Å². The van der Waals surface area contributed by atoms with Crippen LogP contribution in [0.5, 0.6) is 0 Å². The lowest BCUT2D eigenvalue weighted by Gasteiger charge is -2.09. The fourth-order valence-electron chi connectivity index (χ4n) is 2.79. The van der Waals surface area contributed by atoms with Crippen LogP contribution >= 0.6 is 0 Å². The lowest BCUT2D eigenvalue weighted by molar-refractivity contribution is -0.122. The minimum Gasteiger partial charge on any atom is -0.483 e. The Morgan fingerprint density at radius 3 is 2.52 bits per heavy atom. The van der Waals surface area contributed by atoms with Gasteiger partial charge in [-0.2, -0.15) is 5.10 Å². The van der Waals surface area contributed by atoms with E-state index in [1.54, 1.807) is 35.8 Å². The highest BCUT2D eigenvalue weighted by Crippen LogP contribution is 2.32. The van der Waals surface area contributed by atoms with Crippen molar-refractivity contribution in [1.29, 1.82) is 0 Å². The van der Waals surface area contributed by atoms with Gasteiger partial charge in [-0.3, -0.25) is 19.4 Å². The molecule has 148 valence electrons. The molecule has 0 atom stereocenters. The Bertz CT molecular complexity index is 1110. The average molecular weight is 398 g/mol. The molecule has 1 aromatic carbocycles. The molecule has 0 amide bonds. The molecule has 29 heavy (non-hydrogen) atoms. The molecule has 0 saturated heterocycles. The van der Waals surface area contributed by atoms with Crippen LogP contribution in [0, 0.1) is 11.6 Å². The number of aromatic nitrogens is 6. The molecule has 1 N–H and O–H groups in total. The molecule has 0 saturated carbocycles. The molecule has 10 heteroatoms. The molecule has 0 bridgehead atoms. The predicted octanol–water partition coefficient (Wildman–Crippen LogP) is 2.77. The van der Waals surface area contributed by atoms with E-state index in [1.165, 1.54) is 6.07 Å².